The number of ether oxygens (including phenoxy) is 3. The minimum Gasteiger partial charge on any atom is -0.497 e. The number of carbonyl (C=O) groups excluding carboxylic acids is 1. The van der Waals surface area contributed by atoms with Crippen LogP contribution in [0.1, 0.15) is 41.8 Å². The highest BCUT2D eigenvalue weighted by Gasteiger charge is 2.38. The Kier molecular flexibility index (Phi) is 7.18. The zero-order chi connectivity index (χ0) is 25.1. The first kappa shape index (κ1) is 24.3. The van der Waals surface area contributed by atoms with Crippen LogP contribution in [0.25, 0.3) is 5.69 Å². The van der Waals surface area contributed by atoms with Gasteiger partial charge in [-0.3, -0.25) is 4.79 Å². The van der Waals surface area contributed by atoms with Crippen molar-refractivity contribution in [3.63, 3.8) is 0 Å². The molecule has 7 heteroatoms. The Morgan fingerprint density at radius 2 is 1.75 bits per heavy atom. The van der Waals surface area contributed by atoms with Crippen molar-refractivity contribution >= 4 is 5.91 Å². The molecule has 0 radical (unpaired) electrons. The molecule has 2 aromatic carbocycles. The number of amides is 1. The lowest BCUT2D eigenvalue weighted by molar-refractivity contribution is 0.0579. The Hall–Kier alpha value is -3.45. The number of nitrogens with one attached hydrogen (secondary N) is 1. The van der Waals surface area contributed by atoms with Gasteiger partial charge in [0.25, 0.3) is 5.91 Å². The number of carbonyl (C=O) groups is 1. The highest BCUT2D eigenvalue weighted by atomic mass is 16.5. The third-order valence-electron chi connectivity index (χ3n) is 7.17. The summed E-state index contributed by atoms with van der Waals surface area (Å²) < 4.78 is 19.6. The molecule has 5 rings (SSSR count). The Morgan fingerprint density at radius 1 is 1.03 bits per heavy atom. The van der Waals surface area contributed by atoms with Crippen LogP contribution in [0.15, 0.2) is 54.9 Å². The highest BCUT2D eigenvalue weighted by Crippen LogP contribution is 2.37. The van der Waals surface area contributed by atoms with Crippen LogP contribution in [-0.2, 0) is 13.0 Å². The third kappa shape index (κ3) is 4.67. The number of rotatable bonds is 9. The van der Waals surface area contributed by atoms with E-state index in [1.807, 2.05) is 61.1 Å². The molecule has 190 valence electrons. The molecular weight excluding hydrogens is 454 g/mol. The van der Waals surface area contributed by atoms with Gasteiger partial charge in [0, 0.05) is 37.1 Å². The number of methoxy groups -OCH3 is 1. The molecule has 1 amide bonds. The molecule has 2 unspecified atom stereocenters. The van der Waals surface area contributed by atoms with Gasteiger partial charge in [-0.25, -0.2) is 0 Å². The Bertz CT molecular complexity index is 1180. The average Bonchev–Trinajstić information content (AvgIpc) is 3.53. The van der Waals surface area contributed by atoms with Crippen molar-refractivity contribution in [1.29, 1.82) is 0 Å². The van der Waals surface area contributed by atoms with E-state index in [0.29, 0.717) is 19.8 Å². The van der Waals surface area contributed by atoms with E-state index in [4.69, 9.17) is 14.2 Å². The van der Waals surface area contributed by atoms with Gasteiger partial charge < -0.3 is 29.0 Å². The molecule has 3 aromatic rings. The van der Waals surface area contributed by atoms with Crippen LogP contribution >= 0.6 is 0 Å². The van der Waals surface area contributed by atoms with Gasteiger partial charge in [0.2, 0.25) is 0 Å². The van der Waals surface area contributed by atoms with Crippen LogP contribution in [-0.4, -0.2) is 54.8 Å². The minimum absolute atomic E-state index is 0.123. The fourth-order valence-electron chi connectivity index (χ4n) is 5.57. The second-order valence-electron chi connectivity index (χ2n) is 9.38. The van der Waals surface area contributed by atoms with E-state index >= 15 is 0 Å². The summed E-state index contributed by atoms with van der Waals surface area (Å²) in [6, 6.07) is 14.2. The van der Waals surface area contributed by atoms with Gasteiger partial charge in [0.1, 0.15) is 22.9 Å². The van der Waals surface area contributed by atoms with Crippen LogP contribution in [0.4, 0.5) is 0 Å². The van der Waals surface area contributed by atoms with Crippen LogP contribution < -0.4 is 19.5 Å². The van der Waals surface area contributed by atoms with Gasteiger partial charge in [0.15, 0.2) is 0 Å². The van der Waals surface area contributed by atoms with E-state index in [1.54, 1.807) is 7.11 Å². The van der Waals surface area contributed by atoms with Crippen LogP contribution in [0.3, 0.4) is 0 Å². The van der Waals surface area contributed by atoms with Crippen molar-refractivity contribution in [1.82, 2.24) is 14.8 Å². The van der Waals surface area contributed by atoms with Crippen molar-refractivity contribution in [2.24, 2.45) is 5.92 Å². The predicted octanol–water partition coefficient (Wildman–Crippen LogP) is 4.46. The molecule has 0 saturated carbocycles. The quantitative estimate of drug-likeness (QED) is 0.481. The van der Waals surface area contributed by atoms with Crippen LogP contribution in [0, 0.1) is 5.92 Å². The molecule has 7 nitrogen and oxygen atoms in total. The molecule has 36 heavy (non-hydrogen) atoms. The van der Waals surface area contributed by atoms with Gasteiger partial charge in [-0.1, -0.05) is 0 Å². The van der Waals surface area contributed by atoms with E-state index in [2.05, 4.69) is 22.3 Å². The SMILES string of the molecule is CCOc1cc(CC2CNCCC2N2Cc3cc(OC)ccc3C2=O)cc(OCC)c1-n1cccc1. The molecule has 2 aliphatic rings. The van der Waals surface area contributed by atoms with E-state index in [0.717, 1.165) is 65.6 Å². The zero-order valence-corrected chi connectivity index (χ0v) is 21.3. The summed E-state index contributed by atoms with van der Waals surface area (Å²) in [6.45, 7) is 7.54. The smallest absolute Gasteiger partial charge is 0.254 e. The minimum atomic E-state index is 0.123. The van der Waals surface area contributed by atoms with Gasteiger partial charge in [0.05, 0.1) is 20.3 Å². The molecule has 2 atom stereocenters. The van der Waals surface area contributed by atoms with Gasteiger partial charge in [-0.2, -0.15) is 0 Å². The molecule has 1 saturated heterocycles. The lowest BCUT2D eigenvalue weighted by Crippen LogP contribution is -2.50. The first-order valence-corrected chi connectivity index (χ1v) is 12.9. The summed E-state index contributed by atoms with van der Waals surface area (Å²) in [5, 5.41) is 3.55. The summed E-state index contributed by atoms with van der Waals surface area (Å²) in [7, 11) is 1.66. The molecule has 1 N–H and O–H groups in total. The standard InChI is InChI=1S/C29H35N3O4/c1-4-35-26-15-20(16-27(36-5-2)28(26)31-12-6-7-13-31)14-21-18-30-11-10-25(21)32-19-22-17-23(34-3)8-9-24(22)29(32)33/h6-9,12-13,15-17,21,25,30H,4-5,10-11,14,18-19H2,1-3H3. The van der Waals surface area contributed by atoms with E-state index < -0.39 is 0 Å². The molecule has 2 aliphatic heterocycles. The second-order valence-corrected chi connectivity index (χ2v) is 9.38. The summed E-state index contributed by atoms with van der Waals surface area (Å²) in [6.07, 6.45) is 5.77. The fourth-order valence-corrected chi connectivity index (χ4v) is 5.57. The maximum absolute atomic E-state index is 13.4. The van der Waals surface area contributed by atoms with E-state index in [9.17, 15) is 4.79 Å². The Morgan fingerprint density at radius 3 is 2.42 bits per heavy atom. The fraction of sp³-hybridized carbons (Fsp3) is 0.414. The maximum atomic E-state index is 13.4. The highest BCUT2D eigenvalue weighted by molar-refractivity contribution is 5.98. The van der Waals surface area contributed by atoms with Gasteiger partial charge in [-0.05, 0) is 92.7 Å². The number of hydrogen-bond acceptors (Lipinski definition) is 5. The monoisotopic (exact) mass is 489 g/mol. The maximum Gasteiger partial charge on any atom is 0.254 e. The topological polar surface area (TPSA) is 65.0 Å². The lowest BCUT2D eigenvalue weighted by Gasteiger charge is -2.38. The first-order valence-electron chi connectivity index (χ1n) is 12.9. The molecule has 1 aromatic heterocycles. The summed E-state index contributed by atoms with van der Waals surface area (Å²) >= 11 is 0. The summed E-state index contributed by atoms with van der Waals surface area (Å²) in [5.74, 6) is 2.82. The molecule has 1 fully saturated rings. The summed E-state index contributed by atoms with van der Waals surface area (Å²) in [4.78, 5) is 15.4. The number of aromatic nitrogens is 1. The molecule has 3 heterocycles. The summed E-state index contributed by atoms with van der Waals surface area (Å²) in [5.41, 5.74) is 3.92. The first-order chi connectivity index (χ1) is 17.6. The number of nitrogens with zero attached hydrogens (tertiary/aromatic N) is 2. The van der Waals surface area contributed by atoms with Crippen LogP contribution in [0.5, 0.6) is 17.2 Å². The van der Waals surface area contributed by atoms with E-state index in [-0.39, 0.29) is 17.9 Å². The predicted molar refractivity (Wildman–Crippen MR) is 139 cm³/mol. The number of fused-ring (bicyclic) bond motifs is 1. The van der Waals surface area contributed by atoms with Gasteiger partial charge >= 0.3 is 0 Å². The third-order valence-corrected chi connectivity index (χ3v) is 7.17. The lowest BCUT2D eigenvalue weighted by atomic mass is 9.86. The molecule has 0 spiro atoms. The van der Waals surface area contributed by atoms with Crippen molar-refractivity contribution in [3.05, 3.63) is 71.5 Å². The van der Waals surface area contributed by atoms with Crippen molar-refractivity contribution < 1.29 is 19.0 Å². The number of piperidine rings is 1. The largest absolute Gasteiger partial charge is 0.497 e. The van der Waals surface area contributed by atoms with Crippen molar-refractivity contribution in [3.8, 4) is 22.9 Å². The van der Waals surface area contributed by atoms with Crippen molar-refractivity contribution in [2.45, 2.75) is 39.3 Å². The average molecular weight is 490 g/mol. The van der Waals surface area contributed by atoms with Gasteiger partial charge in [-0.15, -0.1) is 0 Å². The Balaban J connectivity index is 1.44. The number of benzene rings is 2. The zero-order valence-electron chi connectivity index (χ0n) is 21.3. The molecule has 0 bridgehead atoms. The molecule has 0 aliphatic carbocycles. The van der Waals surface area contributed by atoms with E-state index in [1.165, 1.54) is 0 Å². The number of hydrogen-bond donors (Lipinski definition) is 1. The normalized spacial score (nSPS) is 19.3. The second kappa shape index (κ2) is 10.7. The molecular formula is C29H35N3O4. The Labute approximate surface area is 213 Å². The van der Waals surface area contributed by atoms with Crippen molar-refractivity contribution in [2.75, 3.05) is 33.4 Å². The van der Waals surface area contributed by atoms with Crippen LogP contribution in [0.2, 0.25) is 0 Å².